The fourth-order valence-electron chi connectivity index (χ4n) is 7.57. The van der Waals surface area contributed by atoms with Crippen LogP contribution in [0.15, 0.2) is 144 Å². The third kappa shape index (κ3) is 3.41. The molecule has 0 amide bonds. The SMILES string of the molecule is c1ccc2c(c1)ccc1oc3c(-c4nc(-n5c6ccccc6c6c7sc8ccccc8c7ccc65)nc5ccccc45)cccc3c12. The summed E-state index contributed by atoms with van der Waals surface area (Å²) >= 11 is 1.85. The van der Waals surface area contributed by atoms with Crippen LogP contribution in [0.25, 0.3) is 103 Å². The van der Waals surface area contributed by atoms with Gasteiger partial charge < -0.3 is 4.42 Å². The molecule has 0 unspecified atom stereocenters. The number of benzene rings is 7. The van der Waals surface area contributed by atoms with Crippen molar-refractivity contribution in [1.82, 2.24) is 14.5 Å². The number of fused-ring (bicyclic) bond motifs is 13. The molecule has 0 N–H and O–H groups in total. The van der Waals surface area contributed by atoms with E-state index in [1.807, 2.05) is 17.4 Å². The van der Waals surface area contributed by atoms with E-state index < -0.39 is 0 Å². The van der Waals surface area contributed by atoms with Gasteiger partial charge in [0.2, 0.25) is 5.95 Å². The van der Waals surface area contributed by atoms with Gasteiger partial charge in [0.1, 0.15) is 11.2 Å². The molecule has 0 aliphatic rings. The Labute approximate surface area is 271 Å². The van der Waals surface area contributed by atoms with Crippen molar-refractivity contribution in [2.24, 2.45) is 0 Å². The first-order valence-corrected chi connectivity index (χ1v) is 16.6. The van der Waals surface area contributed by atoms with Crippen molar-refractivity contribution in [3.05, 3.63) is 140 Å². The summed E-state index contributed by atoms with van der Waals surface area (Å²) in [6, 6.07) is 49.2. The predicted octanol–water partition coefficient (Wildman–Crippen LogP) is 11.8. The highest BCUT2D eigenvalue weighted by Gasteiger charge is 2.22. The van der Waals surface area contributed by atoms with Gasteiger partial charge in [0.15, 0.2) is 0 Å². The summed E-state index contributed by atoms with van der Waals surface area (Å²) in [6.45, 7) is 0. The molecule has 4 aromatic heterocycles. The second-order valence-electron chi connectivity index (χ2n) is 12.1. The fourth-order valence-corrected chi connectivity index (χ4v) is 8.83. The van der Waals surface area contributed by atoms with Crippen molar-refractivity contribution in [2.45, 2.75) is 0 Å². The molecule has 0 saturated carbocycles. The maximum atomic E-state index is 6.68. The Morgan fingerprint density at radius 2 is 1.28 bits per heavy atom. The van der Waals surface area contributed by atoms with Crippen molar-refractivity contribution < 1.29 is 4.42 Å². The number of nitrogens with zero attached hydrogens (tertiary/aromatic N) is 3. The topological polar surface area (TPSA) is 43.9 Å². The zero-order chi connectivity index (χ0) is 30.6. The smallest absolute Gasteiger partial charge is 0.235 e. The number of hydrogen-bond acceptors (Lipinski definition) is 4. The first-order chi connectivity index (χ1) is 23.3. The third-order valence-corrected chi connectivity index (χ3v) is 10.8. The first kappa shape index (κ1) is 25.2. The van der Waals surface area contributed by atoms with Gasteiger partial charge in [0.25, 0.3) is 0 Å². The Bertz CT molecular complexity index is 3090. The van der Waals surface area contributed by atoms with Crippen LogP contribution >= 0.6 is 11.3 Å². The lowest BCUT2D eigenvalue weighted by atomic mass is 10.0. The lowest BCUT2D eigenvalue weighted by Crippen LogP contribution is -2.03. The second kappa shape index (κ2) is 9.25. The van der Waals surface area contributed by atoms with E-state index in [4.69, 9.17) is 14.4 Å². The number of furan rings is 1. The van der Waals surface area contributed by atoms with Gasteiger partial charge in [-0.1, -0.05) is 103 Å². The summed E-state index contributed by atoms with van der Waals surface area (Å²) in [5, 5.41) is 10.6. The fraction of sp³-hybridized carbons (Fsp3) is 0. The molecule has 11 aromatic rings. The quantitative estimate of drug-likeness (QED) is 0.194. The van der Waals surface area contributed by atoms with E-state index in [0.29, 0.717) is 5.95 Å². The van der Waals surface area contributed by atoms with Crippen LogP contribution in [0, 0.1) is 0 Å². The lowest BCUT2D eigenvalue weighted by molar-refractivity contribution is 0.670. The summed E-state index contributed by atoms with van der Waals surface area (Å²) < 4.78 is 11.5. The predicted molar refractivity (Wildman–Crippen MR) is 197 cm³/mol. The molecule has 0 saturated heterocycles. The zero-order valence-corrected chi connectivity index (χ0v) is 25.8. The highest BCUT2D eigenvalue weighted by atomic mass is 32.1. The van der Waals surface area contributed by atoms with Crippen LogP contribution in [0.5, 0.6) is 0 Å². The van der Waals surface area contributed by atoms with Crippen LogP contribution in [0.2, 0.25) is 0 Å². The number of hydrogen-bond donors (Lipinski definition) is 0. The van der Waals surface area contributed by atoms with Crippen molar-refractivity contribution in [3.8, 4) is 17.2 Å². The van der Waals surface area contributed by atoms with Crippen molar-refractivity contribution in [1.29, 1.82) is 0 Å². The van der Waals surface area contributed by atoms with E-state index in [2.05, 4.69) is 138 Å². The van der Waals surface area contributed by atoms with Crippen LogP contribution in [0.3, 0.4) is 0 Å². The average molecular weight is 618 g/mol. The van der Waals surface area contributed by atoms with Gasteiger partial charge in [0, 0.05) is 52.7 Å². The van der Waals surface area contributed by atoms with Gasteiger partial charge >= 0.3 is 0 Å². The molecule has 7 aromatic carbocycles. The maximum Gasteiger partial charge on any atom is 0.235 e. The zero-order valence-electron chi connectivity index (χ0n) is 24.9. The molecule has 0 radical (unpaired) electrons. The van der Waals surface area contributed by atoms with Gasteiger partial charge in [-0.15, -0.1) is 11.3 Å². The number of thiophene rings is 1. The summed E-state index contributed by atoms with van der Waals surface area (Å²) in [6.07, 6.45) is 0. The minimum absolute atomic E-state index is 0.643. The van der Waals surface area contributed by atoms with Gasteiger partial charge in [-0.05, 0) is 47.2 Å². The van der Waals surface area contributed by atoms with Gasteiger partial charge in [0.05, 0.1) is 22.2 Å². The third-order valence-electron chi connectivity index (χ3n) is 9.61. The molecule has 0 aliphatic carbocycles. The Morgan fingerprint density at radius 1 is 0.511 bits per heavy atom. The molecule has 0 aliphatic heterocycles. The van der Waals surface area contributed by atoms with Gasteiger partial charge in [-0.3, -0.25) is 4.57 Å². The largest absolute Gasteiger partial charge is 0.455 e. The maximum absolute atomic E-state index is 6.68. The average Bonchev–Trinajstić information content (AvgIpc) is 3.81. The van der Waals surface area contributed by atoms with E-state index in [1.54, 1.807) is 0 Å². The van der Waals surface area contributed by atoms with Crippen LogP contribution in [0.4, 0.5) is 0 Å². The molecule has 0 spiro atoms. The Morgan fingerprint density at radius 3 is 2.21 bits per heavy atom. The molecular weight excluding hydrogens is 595 g/mol. The second-order valence-corrected chi connectivity index (χ2v) is 13.2. The Kier molecular flexibility index (Phi) is 4.96. The summed E-state index contributed by atoms with van der Waals surface area (Å²) in [5.74, 6) is 0.643. The Hall–Kier alpha value is -6.04. The molecule has 0 bridgehead atoms. The van der Waals surface area contributed by atoms with E-state index in [-0.39, 0.29) is 0 Å². The summed E-state index contributed by atoms with van der Waals surface area (Å²) in [7, 11) is 0. The summed E-state index contributed by atoms with van der Waals surface area (Å²) in [5.41, 5.74) is 6.59. The standard InChI is InChI=1S/C42H23N3OS/c1-2-11-25-24(10-1)20-23-35-37(25)30-15-9-16-31(40(30)46-35)39-28-13-3-6-17-32(28)43-42(44-39)45-33-18-7-4-14-29(33)38-34(45)22-21-27-26-12-5-8-19-36(26)47-41(27)38/h1-23H. The molecule has 218 valence electrons. The molecule has 47 heavy (non-hydrogen) atoms. The van der Waals surface area contributed by atoms with Crippen molar-refractivity contribution in [2.75, 3.05) is 0 Å². The van der Waals surface area contributed by atoms with Gasteiger partial charge in [-0.25, -0.2) is 9.97 Å². The molecule has 11 rings (SSSR count). The lowest BCUT2D eigenvalue weighted by Gasteiger charge is -2.12. The minimum atomic E-state index is 0.643. The highest BCUT2D eigenvalue weighted by molar-refractivity contribution is 7.26. The van der Waals surface area contributed by atoms with Crippen LogP contribution in [0.1, 0.15) is 0 Å². The molecule has 5 heteroatoms. The molecular formula is C42H23N3OS. The van der Waals surface area contributed by atoms with Crippen molar-refractivity contribution >= 4 is 96.9 Å². The number of rotatable bonds is 2. The molecule has 0 atom stereocenters. The molecule has 4 nitrogen and oxygen atoms in total. The monoisotopic (exact) mass is 617 g/mol. The normalized spacial score (nSPS) is 12.3. The van der Waals surface area contributed by atoms with E-state index in [1.165, 1.54) is 41.7 Å². The van der Waals surface area contributed by atoms with E-state index >= 15 is 0 Å². The van der Waals surface area contributed by atoms with Crippen LogP contribution in [-0.2, 0) is 0 Å². The van der Waals surface area contributed by atoms with Gasteiger partial charge in [-0.2, -0.15) is 0 Å². The highest BCUT2D eigenvalue weighted by Crippen LogP contribution is 2.44. The number of para-hydroxylation sites is 3. The van der Waals surface area contributed by atoms with Crippen molar-refractivity contribution in [3.63, 3.8) is 0 Å². The van der Waals surface area contributed by atoms with Crippen LogP contribution in [-0.4, -0.2) is 14.5 Å². The number of aromatic nitrogens is 3. The van der Waals surface area contributed by atoms with E-state index in [9.17, 15) is 0 Å². The van der Waals surface area contributed by atoms with Crippen LogP contribution < -0.4 is 0 Å². The van der Waals surface area contributed by atoms with E-state index in [0.717, 1.165) is 55.1 Å². The summed E-state index contributed by atoms with van der Waals surface area (Å²) in [4.78, 5) is 10.6. The Balaban J connectivity index is 1.25. The molecule has 4 heterocycles. The minimum Gasteiger partial charge on any atom is -0.455 e. The first-order valence-electron chi connectivity index (χ1n) is 15.8. The molecule has 0 fully saturated rings.